The third-order valence-electron chi connectivity index (χ3n) is 4.56. The SMILES string of the molecule is COC(=O)[C@@H]1C(=O)OC(C)(C)[C@@H]1[C@H](C)C(=O)c1ccc(OC)cc1. The van der Waals surface area contributed by atoms with Crippen LogP contribution in [-0.2, 0) is 19.1 Å². The largest absolute Gasteiger partial charge is 0.497 e. The van der Waals surface area contributed by atoms with E-state index in [-0.39, 0.29) is 5.78 Å². The van der Waals surface area contributed by atoms with Crippen molar-refractivity contribution in [2.75, 3.05) is 14.2 Å². The monoisotopic (exact) mass is 334 g/mol. The Labute approximate surface area is 141 Å². The van der Waals surface area contributed by atoms with Crippen molar-refractivity contribution in [2.45, 2.75) is 26.4 Å². The Morgan fingerprint density at radius 2 is 1.75 bits per heavy atom. The van der Waals surface area contributed by atoms with Crippen LogP contribution in [0.25, 0.3) is 0 Å². The molecule has 6 heteroatoms. The molecule has 0 aliphatic carbocycles. The quantitative estimate of drug-likeness (QED) is 0.467. The summed E-state index contributed by atoms with van der Waals surface area (Å²) in [7, 11) is 2.76. The van der Waals surface area contributed by atoms with Crippen LogP contribution in [0.4, 0.5) is 0 Å². The smallest absolute Gasteiger partial charge is 0.321 e. The zero-order valence-electron chi connectivity index (χ0n) is 14.5. The third-order valence-corrected chi connectivity index (χ3v) is 4.56. The molecule has 1 aromatic rings. The first-order chi connectivity index (χ1) is 11.2. The van der Waals surface area contributed by atoms with Crippen molar-refractivity contribution in [1.29, 1.82) is 0 Å². The van der Waals surface area contributed by atoms with E-state index in [9.17, 15) is 14.4 Å². The third kappa shape index (κ3) is 3.13. The van der Waals surface area contributed by atoms with E-state index >= 15 is 0 Å². The highest BCUT2D eigenvalue weighted by molar-refractivity contribution is 6.01. The maximum absolute atomic E-state index is 12.8. The first kappa shape index (κ1) is 18.0. The fourth-order valence-corrected chi connectivity index (χ4v) is 3.38. The Balaban J connectivity index is 2.33. The highest BCUT2D eigenvalue weighted by Gasteiger charge is 2.57. The van der Waals surface area contributed by atoms with Gasteiger partial charge in [-0.05, 0) is 38.1 Å². The molecule has 0 aromatic heterocycles. The Hall–Kier alpha value is -2.37. The van der Waals surface area contributed by atoms with Gasteiger partial charge in [0.05, 0.1) is 14.2 Å². The van der Waals surface area contributed by atoms with Crippen LogP contribution in [0.2, 0.25) is 0 Å². The number of ether oxygens (including phenoxy) is 3. The molecule has 0 N–H and O–H groups in total. The van der Waals surface area contributed by atoms with E-state index in [1.807, 2.05) is 0 Å². The van der Waals surface area contributed by atoms with E-state index < -0.39 is 35.3 Å². The molecular formula is C18H22O6. The lowest BCUT2D eigenvalue weighted by Crippen LogP contribution is -2.41. The molecule has 0 saturated carbocycles. The number of cyclic esters (lactones) is 1. The zero-order chi connectivity index (χ0) is 18.1. The van der Waals surface area contributed by atoms with Gasteiger partial charge in [-0.25, -0.2) is 0 Å². The lowest BCUT2D eigenvalue weighted by atomic mass is 9.72. The second-order valence-corrected chi connectivity index (χ2v) is 6.43. The summed E-state index contributed by atoms with van der Waals surface area (Å²) < 4.78 is 15.1. The predicted octanol–water partition coefficient (Wildman–Crippen LogP) is 2.25. The van der Waals surface area contributed by atoms with E-state index in [4.69, 9.17) is 14.2 Å². The summed E-state index contributed by atoms with van der Waals surface area (Å²) in [6.45, 7) is 5.11. The Kier molecular flexibility index (Phi) is 4.96. The van der Waals surface area contributed by atoms with Crippen LogP contribution < -0.4 is 4.74 Å². The molecule has 0 amide bonds. The molecule has 6 nitrogen and oxygen atoms in total. The van der Waals surface area contributed by atoms with Crippen molar-refractivity contribution in [2.24, 2.45) is 17.8 Å². The summed E-state index contributed by atoms with van der Waals surface area (Å²) in [5.41, 5.74) is -0.445. The lowest BCUT2D eigenvalue weighted by Gasteiger charge is -2.30. The Morgan fingerprint density at radius 1 is 1.17 bits per heavy atom. The number of carbonyl (C=O) groups excluding carboxylic acids is 3. The number of methoxy groups -OCH3 is 2. The maximum Gasteiger partial charge on any atom is 0.321 e. The topological polar surface area (TPSA) is 78.9 Å². The second-order valence-electron chi connectivity index (χ2n) is 6.43. The standard InChI is InChI=1S/C18H22O6/c1-10(15(19)11-6-8-12(22-4)9-7-11)14-13(16(20)23-5)17(21)24-18(14,2)3/h6-10,13-14H,1-5H3/t10-,13+,14+/m0/s1. The highest BCUT2D eigenvalue weighted by atomic mass is 16.6. The number of esters is 2. The minimum atomic E-state index is -1.10. The van der Waals surface area contributed by atoms with Gasteiger partial charge < -0.3 is 14.2 Å². The summed E-state index contributed by atoms with van der Waals surface area (Å²) in [6, 6.07) is 6.71. The van der Waals surface area contributed by atoms with Crippen LogP contribution in [0, 0.1) is 17.8 Å². The molecule has 1 aromatic carbocycles. The fourth-order valence-electron chi connectivity index (χ4n) is 3.38. The highest BCUT2D eigenvalue weighted by Crippen LogP contribution is 2.43. The molecular weight excluding hydrogens is 312 g/mol. The molecule has 1 saturated heterocycles. The summed E-state index contributed by atoms with van der Waals surface area (Å²) in [4.78, 5) is 36.9. The number of ketones is 1. The summed E-state index contributed by atoms with van der Waals surface area (Å²) in [6.07, 6.45) is 0. The van der Waals surface area contributed by atoms with Gasteiger partial charge in [-0.1, -0.05) is 6.92 Å². The van der Waals surface area contributed by atoms with Crippen molar-refractivity contribution < 1.29 is 28.6 Å². The minimum absolute atomic E-state index is 0.164. The number of benzene rings is 1. The molecule has 3 atom stereocenters. The van der Waals surface area contributed by atoms with Crippen molar-refractivity contribution >= 4 is 17.7 Å². The Morgan fingerprint density at radius 3 is 2.25 bits per heavy atom. The van der Waals surface area contributed by atoms with E-state index in [0.717, 1.165) is 0 Å². The van der Waals surface area contributed by atoms with Crippen LogP contribution in [-0.4, -0.2) is 37.5 Å². The van der Waals surface area contributed by atoms with Crippen molar-refractivity contribution in [1.82, 2.24) is 0 Å². The normalized spacial score (nSPS) is 23.3. The van der Waals surface area contributed by atoms with Crippen molar-refractivity contribution in [3.8, 4) is 5.75 Å². The average Bonchev–Trinajstić information content (AvgIpc) is 2.81. The van der Waals surface area contributed by atoms with Crippen LogP contribution in [0.1, 0.15) is 31.1 Å². The molecule has 24 heavy (non-hydrogen) atoms. The Bertz CT molecular complexity index is 646. The van der Waals surface area contributed by atoms with Gasteiger partial charge in [0.1, 0.15) is 11.4 Å². The number of rotatable bonds is 5. The van der Waals surface area contributed by atoms with Gasteiger partial charge in [0, 0.05) is 17.4 Å². The van der Waals surface area contributed by atoms with E-state index in [0.29, 0.717) is 11.3 Å². The average molecular weight is 334 g/mol. The predicted molar refractivity (Wildman–Crippen MR) is 85.7 cm³/mol. The van der Waals surface area contributed by atoms with Gasteiger partial charge >= 0.3 is 11.9 Å². The molecule has 1 heterocycles. The van der Waals surface area contributed by atoms with Crippen LogP contribution >= 0.6 is 0 Å². The maximum atomic E-state index is 12.8. The lowest BCUT2D eigenvalue weighted by molar-refractivity contribution is -0.156. The van der Waals surface area contributed by atoms with Gasteiger partial charge in [0.2, 0.25) is 0 Å². The minimum Gasteiger partial charge on any atom is -0.497 e. The molecule has 130 valence electrons. The number of carbonyl (C=O) groups is 3. The molecule has 0 unspecified atom stereocenters. The first-order valence-electron chi connectivity index (χ1n) is 7.72. The van der Waals surface area contributed by atoms with Gasteiger partial charge in [-0.3, -0.25) is 14.4 Å². The molecule has 2 rings (SSSR count). The van der Waals surface area contributed by atoms with Gasteiger partial charge in [0.25, 0.3) is 0 Å². The van der Waals surface area contributed by atoms with Crippen LogP contribution in [0.15, 0.2) is 24.3 Å². The summed E-state index contributed by atoms with van der Waals surface area (Å²) >= 11 is 0. The molecule has 0 spiro atoms. The molecule has 1 aliphatic heterocycles. The zero-order valence-corrected chi connectivity index (χ0v) is 14.5. The summed E-state index contributed by atoms with van der Waals surface area (Å²) in [5.74, 6) is -3.14. The summed E-state index contributed by atoms with van der Waals surface area (Å²) in [5, 5.41) is 0. The molecule has 0 radical (unpaired) electrons. The van der Waals surface area contributed by atoms with Crippen molar-refractivity contribution in [3.05, 3.63) is 29.8 Å². The van der Waals surface area contributed by atoms with E-state index in [1.165, 1.54) is 7.11 Å². The molecule has 1 aliphatic rings. The fraction of sp³-hybridized carbons (Fsp3) is 0.500. The number of hydrogen-bond acceptors (Lipinski definition) is 6. The van der Waals surface area contributed by atoms with E-state index in [2.05, 4.69) is 0 Å². The van der Waals surface area contributed by atoms with Gasteiger partial charge in [0.15, 0.2) is 11.7 Å². The van der Waals surface area contributed by atoms with Gasteiger partial charge in [-0.2, -0.15) is 0 Å². The number of hydrogen-bond donors (Lipinski definition) is 0. The molecule has 0 bridgehead atoms. The van der Waals surface area contributed by atoms with Crippen LogP contribution in [0.5, 0.6) is 5.75 Å². The first-order valence-corrected chi connectivity index (χ1v) is 7.72. The van der Waals surface area contributed by atoms with E-state index in [1.54, 1.807) is 52.1 Å². The second kappa shape index (κ2) is 6.63. The van der Waals surface area contributed by atoms with Crippen LogP contribution in [0.3, 0.4) is 0 Å². The van der Waals surface area contributed by atoms with Gasteiger partial charge in [-0.15, -0.1) is 0 Å². The number of Topliss-reactive ketones (excluding diaryl/α,β-unsaturated/α-hetero) is 1. The molecule has 1 fully saturated rings. The van der Waals surface area contributed by atoms with Crippen molar-refractivity contribution in [3.63, 3.8) is 0 Å².